The van der Waals surface area contributed by atoms with E-state index in [1.54, 1.807) is 0 Å². The second kappa shape index (κ2) is 3.65. The van der Waals surface area contributed by atoms with Crippen LogP contribution in [-0.4, -0.2) is 23.4 Å². The number of nitrogens with zero attached hydrogens (tertiary/aromatic N) is 3. The SMILES string of the molecule is CCN(CC)c1cccc2nonc12. The minimum absolute atomic E-state index is 0.814. The van der Waals surface area contributed by atoms with Crippen LogP contribution < -0.4 is 4.90 Å². The summed E-state index contributed by atoms with van der Waals surface area (Å²) in [6.45, 7) is 6.16. The van der Waals surface area contributed by atoms with Gasteiger partial charge in [-0.05, 0) is 36.3 Å². The van der Waals surface area contributed by atoms with Crippen molar-refractivity contribution in [2.45, 2.75) is 13.8 Å². The zero-order valence-corrected chi connectivity index (χ0v) is 8.40. The van der Waals surface area contributed by atoms with E-state index in [2.05, 4.69) is 29.1 Å². The minimum Gasteiger partial charge on any atom is -0.370 e. The molecule has 0 aliphatic carbocycles. The van der Waals surface area contributed by atoms with Gasteiger partial charge in [-0.1, -0.05) is 6.07 Å². The Morgan fingerprint density at radius 3 is 2.71 bits per heavy atom. The fourth-order valence-corrected chi connectivity index (χ4v) is 1.61. The molecule has 0 aliphatic rings. The third-order valence-electron chi connectivity index (χ3n) is 2.37. The molecule has 0 radical (unpaired) electrons. The smallest absolute Gasteiger partial charge is 0.158 e. The van der Waals surface area contributed by atoms with Crippen molar-refractivity contribution in [2.75, 3.05) is 18.0 Å². The average Bonchev–Trinajstić information content (AvgIpc) is 2.68. The molecule has 14 heavy (non-hydrogen) atoms. The molecule has 1 aromatic heterocycles. The molecule has 74 valence electrons. The fraction of sp³-hybridized carbons (Fsp3) is 0.400. The largest absolute Gasteiger partial charge is 0.370 e. The number of benzene rings is 1. The first-order valence-corrected chi connectivity index (χ1v) is 4.83. The van der Waals surface area contributed by atoms with Crippen LogP contribution in [0.4, 0.5) is 5.69 Å². The van der Waals surface area contributed by atoms with Gasteiger partial charge in [-0.25, -0.2) is 4.63 Å². The molecular weight excluding hydrogens is 178 g/mol. The van der Waals surface area contributed by atoms with Crippen molar-refractivity contribution in [1.29, 1.82) is 0 Å². The highest BCUT2D eigenvalue weighted by molar-refractivity contribution is 5.87. The molecule has 0 bridgehead atoms. The van der Waals surface area contributed by atoms with Gasteiger partial charge in [0.25, 0.3) is 0 Å². The van der Waals surface area contributed by atoms with Crippen molar-refractivity contribution in [1.82, 2.24) is 10.3 Å². The van der Waals surface area contributed by atoms with E-state index < -0.39 is 0 Å². The summed E-state index contributed by atoms with van der Waals surface area (Å²) >= 11 is 0. The van der Waals surface area contributed by atoms with Crippen LogP contribution in [0.25, 0.3) is 11.0 Å². The first kappa shape index (κ1) is 8.99. The Labute approximate surface area is 82.5 Å². The molecular formula is C10H13N3O. The topological polar surface area (TPSA) is 42.2 Å². The van der Waals surface area contributed by atoms with Gasteiger partial charge in [0, 0.05) is 13.1 Å². The van der Waals surface area contributed by atoms with Crippen LogP contribution in [-0.2, 0) is 0 Å². The van der Waals surface area contributed by atoms with Crippen molar-refractivity contribution >= 4 is 16.7 Å². The lowest BCUT2D eigenvalue weighted by Crippen LogP contribution is -2.21. The summed E-state index contributed by atoms with van der Waals surface area (Å²) in [6.07, 6.45) is 0. The van der Waals surface area contributed by atoms with Crippen LogP contribution in [0.3, 0.4) is 0 Å². The molecule has 0 aliphatic heterocycles. The maximum Gasteiger partial charge on any atom is 0.158 e. The highest BCUT2D eigenvalue weighted by Gasteiger charge is 2.10. The Morgan fingerprint density at radius 2 is 2.00 bits per heavy atom. The van der Waals surface area contributed by atoms with Crippen molar-refractivity contribution in [3.8, 4) is 0 Å². The molecule has 0 saturated carbocycles. The normalized spacial score (nSPS) is 10.7. The summed E-state index contributed by atoms with van der Waals surface area (Å²) in [7, 11) is 0. The molecule has 4 nitrogen and oxygen atoms in total. The number of fused-ring (bicyclic) bond motifs is 1. The summed E-state index contributed by atoms with van der Waals surface area (Å²) in [6, 6.07) is 5.92. The second-order valence-electron chi connectivity index (χ2n) is 3.08. The van der Waals surface area contributed by atoms with Gasteiger partial charge in [-0.3, -0.25) is 0 Å². The standard InChI is InChI=1S/C10H13N3O/c1-3-13(4-2)9-7-5-6-8-10(9)12-14-11-8/h5-7H,3-4H2,1-2H3. The predicted octanol–water partition coefficient (Wildman–Crippen LogP) is 2.07. The molecule has 0 N–H and O–H groups in total. The van der Waals surface area contributed by atoms with Gasteiger partial charge in [-0.15, -0.1) is 0 Å². The van der Waals surface area contributed by atoms with Crippen molar-refractivity contribution < 1.29 is 4.63 Å². The van der Waals surface area contributed by atoms with Gasteiger partial charge in [0.15, 0.2) is 5.52 Å². The van der Waals surface area contributed by atoms with E-state index >= 15 is 0 Å². The van der Waals surface area contributed by atoms with Crippen LogP contribution >= 0.6 is 0 Å². The van der Waals surface area contributed by atoms with E-state index in [1.165, 1.54) is 0 Å². The molecule has 0 saturated heterocycles. The maximum absolute atomic E-state index is 4.72. The van der Waals surface area contributed by atoms with E-state index in [0.29, 0.717) is 0 Å². The predicted molar refractivity (Wildman–Crippen MR) is 55.4 cm³/mol. The highest BCUT2D eigenvalue weighted by atomic mass is 16.6. The molecule has 1 heterocycles. The van der Waals surface area contributed by atoms with Gasteiger partial charge in [0.05, 0.1) is 5.69 Å². The van der Waals surface area contributed by atoms with Crippen molar-refractivity contribution in [3.05, 3.63) is 18.2 Å². The van der Waals surface area contributed by atoms with Gasteiger partial charge >= 0.3 is 0 Å². The molecule has 0 unspecified atom stereocenters. The Hall–Kier alpha value is -1.58. The third-order valence-corrected chi connectivity index (χ3v) is 2.37. The zero-order chi connectivity index (χ0) is 9.97. The van der Waals surface area contributed by atoms with E-state index in [4.69, 9.17) is 4.63 Å². The summed E-state index contributed by atoms with van der Waals surface area (Å²) in [5.41, 5.74) is 2.75. The molecule has 4 heteroatoms. The lowest BCUT2D eigenvalue weighted by molar-refractivity contribution is 0.315. The van der Waals surface area contributed by atoms with Crippen LogP contribution in [0, 0.1) is 0 Å². The lowest BCUT2D eigenvalue weighted by atomic mass is 10.2. The molecule has 0 amide bonds. The number of rotatable bonds is 3. The van der Waals surface area contributed by atoms with Crippen LogP contribution in [0.1, 0.15) is 13.8 Å². The summed E-state index contributed by atoms with van der Waals surface area (Å²) in [5, 5.41) is 7.73. The van der Waals surface area contributed by atoms with E-state index in [9.17, 15) is 0 Å². The molecule has 0 fully saturated rings. The Balaban J connectivity index is 2.54. The first-order valence-electron chi connectivity index (χ1n) is 4.83. The van der Waals surface area contributed by atoms with Crippen LogP contribution in [0.15, 0.2) is 22.8 Å². The Morgan fingerprint density at radius 1 is 1.21 bits per heavy atom. The maximum atomic E-state index is 4.72. The molecule has 1 aromatic carbocycles. The quantitative estimate of drug-likeness (QED) is 0.744. The monoisotopic (exact) mass is 191 g/mol. The third kappa shape index (κ3) is 1.32. The van der Waals surface area contributed by atoms with Gasteiger partial charge in [0.1, 0.15) is 5.52 Å². The van der Waals surface area contributed by atoms with E-state index in [1.807, 2.05) is 18.2 Å². The fourth-order valence-electron chi connectivity index (χ4n) is 1.61. The summed E-state index contributed by atoms with van der Waals surface area (Å²) in [5.74, 6) is 0. The van der Waals surface area contributed by atoms with Gasteiger partial charge < -0.3 is 4.90 Å². The number of aromatic nitrogens is 2. The summed E-state index contributed by atoms with van der Waals surface area (Å²) < 4.78 is 4.72. The Bertz CT molecular complexity index is 420. The van der Waals surface area contributed by atoms with E-state index in [-0.39, 0.29) is 0 Å². The molecule has 2 rings (SSSR count). The Kier molecular flexibility index (Phi) is 2.35. The number of anilines is 1. The molecule has 0 spiro atoms. The summed E-state index contributed by atoms with van der Waals surface area (Å²) in [4.78, 5) is 2.23. The first-order chi connectivity index (χ1) is 6.86. The minimum atomic E-state index is 0.814. The lowest BCUT2D eigenvalue weighted by Gasteiger charge is -2.20. The van der Waals surface area contributed by atoms with Gasteiger partial charge in [-0.2, -0.15) is 0 Å². The van der Waals surface area contributed by atoms with Gasteiger partial charge in [0.2, 0.25) is 0 Å². The van der Waals surface area contributed by atoms with Crippen molar-refractivity contribution in [3.63, 3.8) is 0 Å². The highest BCUT2D eigenvalue weighted by Crippen LogP contribution is 2.23. The number of hydrogen-bond donors (Lipinski definition) is 0. The average molecular weight is 191 g/mol. The number of hydrogen-bond acceptors (Lipinski definition) is 4. The zero-order valence-electron chi connectivity index (χ0n) is 8.40. The second-order valence-corrected chi connectivity index (χ2v) is 3.08. The van der Waals surface area contributed by atoms with Crippen LogP contribution in [0.5, 0.6) is 0 Å². The molecule has 0 atom stereocenters. The van der Waals surface area contributed by atoms with E-state index in [0.717, 1.165) is 29.8 Å². The van der Waals surface area contributed by atoms with Crippen LogP contribution in [0.2, 0.25) is 0 Å². The van der Waals surface area contributed by atoms with Crippen molar-refractivity contribution in [2.24, 2.45) is 0 Å². The molecule has 2 aromatic rings.